The SMILES string of the molecule is Cc1c(C)c(C)c(C)c(C)c1C.Cc1cc(C)cc(C)c1.Cc1ccc(C)c(C)c1.Cc1cccc(C)c1.Cc1cccc(C)c1.Cc1ccccc1.Cc1ccccc1C. The van der Waals surface area contributed by atoms with Gasteiger partial charge >= 0.3 is 0 Å². The highest BCUT2D eigenvalue weighted by Gasteiger charge is 2.07. The topological polar surface area (TPSA) is 0 Å². The third kappa shape index (κ3) is 22.1. The summed E-state index contributed by atoms with van der Waals surface area (Å²) in [6.45, 7) is 40.8. The fourth-order valence-corrected chi connectivity index (χ4v) is 6.59. The lowest BCUT2D eigenvalue weighted by Gasteiger charge is -2.15. The maximum Gasteiger partial charge on any atom is -0.0392 e. The Hall–Kier alpha value is -5.46. The highest BCUT2D eigenvalue weighted by atomic mass is 14.1. The lowest BCUT2D eigenvalue weighted by atomic mass is 9.90. The predicted molar refractivity (Wildman–Crippen MR) is 275 cm³/mol. The average Bonchev–Trinajstić information content (AvgIpc) is 3.19. The number of benzene rings is 7. The number of hydrogen-bond acceptors (Lipinski definition) is 0. The Labute approximate surface area is 375 Å². The van der Waals surface area contributed by atoms with Gasteiger partial charge in [0.05, 0.1) is 0 Å². The second-order valence-corrected chi connectivity index (χ2v) is 17.1. The van der Waals surface area contributed by atoms with Gasteiger partial charge in [-0.3, -0.25) is 0 Å². The van der Waals surface area contributed by atoms with Gasteiger partial charge in [0.2, 0.25) is 0 Å². The van der Waals surface area contributed by atoms with E-state index in [0.717, 1.165) is 0 Å². The summed E-state index contributed by atoms with van der Waals surface area (Å²) in [4.78, 5) is 0. The van der Waals surface area contributed by atoms with E-state index in [1.807, 2.05) is 18.2 Å². The molecule has 0 aliphatic rings. The molecule has 0 unspecified atom stereocenters. The monoisotopic (exact) mass is 813 g/mol. The van der Waals surface area contributed by atoms with E-state index in [-0.39, 0.29) is 0 Å². The van der Waals surface area contributed by atoms with E-state index in [0.29, 0.717) is 0 Å². The van der Waals surface area contributed by atoms with Crippen molar-refractivity contribution in [2.45, 2.75) is 132 Å². The van der Waals surface area contributed by atoms with Crippen LogP contribution >= 0.6 is 0 Å². The first-order valence-corrected chi connectivity index (χ1v) is 21.9. The normalized spacial score (nSPS) is 9.56. The quantitative estimate of drug-likeness (QED) is 0.143. The van der Waals surface area contributed by atoms with Crippen LogP contribution in [0.2, 0.25) is 0 Å². The van der Waals surface area contributed by atoms with Gasteiger partial charge < -0.3 is 0 Å². The minimum atomic E-state index is 1.32. The van der Waals surface area contributed by atoms with Crippen molar-refractivity contribution in [3.63, 3.8) is 0 Å². The zero-order valence-electron chi connectivity index (χ0n) is 41.8. The van der Waals surface area contributed by atoms with E-state index in [9.17, 15) is 0 Å². The molecule has 324 valence electrons. The van der Waals surface area contributed by atoms with E-state index in [1.54, 1.807) is 0 Å². The molecule has 0 atom stereocenters. The molecule has 0 saturated carbocycles. The van der Waals surface area contributed by atoms with Gasteiger partial charge in [-0.1, -0.05) is 190 Å². The molecule has 0 aromatic heterocycles. The van der Waals surface area contributed by atoms with Gasteiger partial charge in [-0.05, 0) is 187 Å². The second kappa shape index (κ2) is 28.1. The minimum Gasteiger partial charge on any atom is -0.0622 e. The van der Waals surface area contributed by atoms with Gasteiger partial charge in [0.1, 0.15) is 0 Å². The Balaban J connectivity index is 0.000000358. The maximum absolute atomic E-state index is 2.21. The van der Waals surface area contributed by atoms with Crippen molar-refractivity contribution in [1.82, 2.24) is 0 Å². The van der Waals surface area contributed by atoms with E-state index in [1.165, 1.54) is 106 Å². The fraction of sp³-hybridized carbons (Fsp3) is 0.311. The van der Waals surface area contributed by atoms with Crippen LogP contribution in [0.3, 0.4) is 0 Å². The van der Waals surface area contributed by atoms with Crippen LogP contribution in [0.4, 0.5) is 0 Å². The number of aryl methyl sites for hydroxylation is 13. The molecule has 7 aromatic rings. The molecule has 0 aliphatic carbocycles. The average molecular weight is 813 g/mol. The van der Waals surface area contributed by atoms with E-state index in [2.05, 4.69) is 253 Å². The van der Waals surface area contributed by atoms with Gasteiger partial charge in [-0.15, -0.1) is 0 Å². The molecule has 0 bridgehead atoms. The van der Waals surface area contributed by atoms with Gasteiger partial charge in [0.25, 0.3) is 0 Å². The van der Waals surface area contributed by atoms with Crippen LogP contribution in [-0.4, -0.2) is 0 Å². The largest absolute Gasteiger partial charge is 0.0622 e. The van der Waals surface area contributed by atoms with E-state index >= 15 is 0 Å². The lowest BCUT2D eigenvalue weighted by Crippen LogP contribution is -1.98. The molecule has 61 heavy (non-hydrogen) atoms. The standard InChI is InChI=1S/C12H18.2C9H12.3C8H10.C7H8/c1-7-8(2)10(4)12(6)11(5)9(7)3;1-7-4-8(2)6-9(3)5-7;1-7-4-5-8(2)9(3)6-7;2*1-7-4-3-5-8(2)6-7;1-7-5-3-4-6-8(7)2;1-7-5-3-2-4-6-7/h1-6H3;2*4-6H,1-3H3;3*3-6H,1-2H3;2-6H,1H3. The van der Waals surface area contributed by atoms with Gasteiger partial charge in [0.15, 0.2) is 0 Å². The van der Waals surface area contributed by atoms with Crippen LogP contribution in [-0.2, 0) is 0 Å². The van der Waals surface area contributed by atoms with Crippen molar-refractivity contribution >= 4 is 0 Å². The highest BCUT2D eigenvalue weighted by molar-refractivity contribution is 5.48. The highest BCUT2D eigenvalue weighted by Crippen LogP contribution is 2.24. The van der Waals surface area contributed by atoms with Gasteiger partial charge in [0, 0.05) is 0 Å². The number of hydrogen-bond donors (Lipinski definition) is 0. The molecule has 0 radical (unpaired) electrons. The Morgan fingerprint density at radius 3 is 0.623 bits per heavy atom. The Morgan fingerprint density at radius 1 is 0.164 bits per heavy atom. The molecule has 0 saturated heterocycles. The molecule has 7 rings (SSSR count). The molecule has 0 heterocycles. The zero-order chi connectivity index (χ0) is 46.2. The lowest BCUT2D eigenvalue weighted by molar-refractivity contribution is 1.13. The van der Waals surface area contributed by atoms with Crippen LogP contribution < -0.4 is 0 Å². The van der Waals surface area contributed by atoms with Crippen molar-refractivity contribution in [1.29, 1.82) is 0 Å². The first kappa shape index (κ1) is 53.6. The molecule has 0 fully saturated rings. The van der Waals surface area contributed by atoms with E-state index < -0.39 is 0 Å². The third-order valence-electron chi connectivity index (χ3n) is 11.1. The fourth-order valence-electron chi connectivity index (χ4n) is 6.59. The molecular formula is C61H80. The zero-order valence-corrected chi connectivity index (χ0v) is 41.8. The van der Waals surface area contributed by atoms with Crippen LogP contribution in [0.5, 0.6) is 0 Å². The first-order chi connectivity index (χ1) is 28.6. The maximum atomic E-state index is 2.21. The molecule has 0 aliphatic heterocycles. The summed E-state index contributed by atoms with van der Waals surface area (Å²) in [5.74, 6) is 0. The first-order valence-electron chi connectivity index (χ1n) is 21.9. The van der Waals surface area contributed by atoms with Crippen LogP contribution in [0.15, 0.2) is 140 Å². The van der Waals surface area contributed by atoms with Crippen molar-refractivity contribution in [2.75, 3.05) is 0 Å². The van der Waals surface area contributed by atoms with Crippen molar-refractivity contribution in [2.24, 2.45) is 0 Å². The Morgan fingerprint density at radius 2 is 0.410 bits per heavy atom. The molecule has 0 heteroatoms. The summed E-state index contributed by atoms with van der Waals surface area (Å²) in [7, 11) is 0. The molecular weight excluding hydrogens is 733 g/mol. The van der Waals surface area contributed by atoms with Crippen LogP contribution in [0, 0.1) is 132 Å². The van der Waals surface area contributed by atoms with Crippen molar-refractivity contribution < 1.29 is 0 Å². The summed E-state index contributed by atoms with van der Waals surface area (Å²) in [6.07, 6.45) is 0. The van der Waals surface area contributed by atoms with Gasteiger partial charge in [-0.25, -0.2) is 0 Å². The van der Waals surface area contributed by atoms with Crippen LogP contribution in [0.1, 0.15) is 106 Å². The summed E-state index contributed by atoms with van der Waals surface area (Å²) in [5.41, 5.74) is 26.3. The third-order valence-corrected chi connectivity index (χ3v) is 11.1. The van der Waals surface area contributed by atoms with Crippen molar-refractivity contribution in [3.8, 4) is 0 Å². The molecule has 7 aromatic carbocycles. The second-order valence-electron chi connectivity index (χ2n) is 17.1. The Bertz CT molecular complexity index is 2080. The van der Waals surface area contributed by atoms with Crippen LogP contribution in [0.25, 0.3) is 0 Å². The molecule has 0 N–H and O–H groups in total. The summed E-state index contributed by atoms with van der Waals surface area (Å²) in [6, 6.07) is 48.6. The summed E-state index contributed by atoms with van der Waals surface area (Å²) >= 11 is 0. The van der Waals surface area contributed by atoms with E-state index in [4.69, 9.17) is 0 Å². The molecule has 0 amide bonds. The smallest absolute Gasteiger partial charge is 0.0392 e. The predicted octanol–water partition coefficient (Wildman–Crippen LogP) is 17.7. The summed E-state index contributed by atoms with van der Waals surface area (Å²) < 4.78 is 0. The molecule has 0 spiro atoms. The summed E-state index contributed by atoms with van der Waals surface area (Å²) in [5, 5.41) is 0. The van der Waals surface area contributed by atoms with Gasteiger partial charge in [-0.2, -0.15) is 0 Å². The Kier molecular flexibility index (Phi) is 24.7. The van der Waals surface area contributed by atoms with Crippen molar-refractivity contribution in [3.05, 3.63) is 245 Å². The molecule has 0 nitrogen and oxygen atoms in total. The minimum absolute atomic E-state index is 1.32. The number of rotatable bonds is 0.